The Balaban J connectivity index is 2.49. The first-order valence-corrected chi connectivity index (χ1v) is 7.12. The van der Waals surface area contributed by atoms with Gasteiger partial charge in [-0.05, 0) is 44.6 Å². The van der Waals surface area contributed by atoms with Gasteiger partial charge in [0, 0.05) is 12.0 Å². The van der Waals surface area contributed by atoms with Crippen molar-refractivity contribution < 1.29 is 14.9 Å². The molecule has 0 bridgehead atoms. The van der Waals surface area contributed by atoms with E-state index >= 15 is 0 Å². The van der Waals surface area contributed by atoms with Crippen molar-refractivity contribution in [2.24, 2.45) is 5.92 Å². The maximum atomic E-state index is 11.4. The molecule has 20 heavy (non-hydrogen) atoms. The minimum atomic E-state index is -1.07. The summed E-state index contributed by atoms with van der Waals surface area (Å²) in [5.74, 6) is 0.497. The minimum Gasteiger partial charge on any atom is -0.497 e. The van der Waals surface area contributed by atoms with Gasteiger partial charge in [0.2, 0.25) is 0 Å². The van der Waals surface area contributed by atoms with E-state index in [2.05, 4.69) is 0 Å². The van der Waals surface area contributed by atoms with Crippen LogP contribution in [0.5, 0.6) is 5.75 Å². The third-order valence-electron chi connectivity index (χ3n) is 4.67. The van der Waals surface area contributed by atoms with Crippen LogP contribution in [0, 0.1) is 5.92 Å². The smallest absolute Gasteiger partial charge is 0.119 e. The van der Waals surface area contributed by atoms with Crippen LogP contribution < -0.4 is 4.74 Å². The average Bonchev–Trinajstić information content (AvgIpc) is 2.44. The van der Waals surface area contributed by atoms with Crippen molar-refractivity contribution >= 4 is 0 Å². The Morgan fingerprint density at radius 2 is 2.00 bits per heavy atom. The molecular weight excluding hydrogens is 254 g/mol. The Morgan fingerprint density at radius 3 is 2.60 bits per heavy atom. The summed E-state index contributed by atoms with van der Waals surface area (Å²) >= 11 is 0. The van der Waals surface area contributed by atoms with E-state index in [1.165, 1.54) is 0 Å². The standard InChI is InChI=1S/C16H25NO3/c1-11-14(18)8-9-15(17(2)3)16(11,19)12-6-5-7-13(10-12)20-4/h5-7,10-11,14-15,18-19H,8-9H2,1-4H3/t11?,14-,15-,16-/m0/s1. The van der Waals surface area contributed by atoms with Crippen molar-refractivity contribution in [2.75, 3.05) is 21.2 Å². The zero-order chi connectivity index (χ0) is 14.9. The second-order valence-electron chi connectivity index (χ2n) is 5.97. The van der Waals surface area contributed by atoms with Gasteiger partial charge < -0.3 is 19.8 Å². The van der Waals surface area contributed by atoms with Crippen LogP contribution in [0.2, 0.25) is 0 Å². The van der Waals surface area contributed by atoms with Crippen LogP contribution >= 0.6 is 0 Å². The summed E-state index contributed by atoms with van der Waals surface area (Å²) < 4.78 is 5.26. The zero-order valence-corrected chi connectivity index (χ0v) is 12.7. The molecule has 2 N–H and O–H groups in total. The summed E-state index contributed by atoms with van der Waals surface area (Å²) in [5, 5.41) is 21.6. The monoisotopic (exact) mass is 279 g/mol. The van der Waals surface area contributed by atoms with E-state index in [0.717, 1.165) is 24.2 Å². The fraction of sp³-hybridized carbons (Fsp3) is 0.625. The van der Waals surface area contributed by atoms with Crippen LogP contribution in [0.3, 0.4) is 0 Å². The van der Waals surface area contributed by atoms with Gasteiger partial charge in [-0.25, -0.2) is 0 Å². The Labute approximate surface area is 121 Å². The summed E-state index contributed by atoms with van der Waals surface area (Å²) in [6.45, 7) is 1.92. The molecule has 4 atom stereocenters. The molecule has 0 spiro atoms. The normalized spacial score (nSPS) is 34.2. The molecule has 0 aromatic heterocycles. The lowest BCUT2D eigenvalue weighted by molar-refractivity contribution is -0.145. The van der Waals surface area contributed by atoms with E-state index in [9.17, 15) is 10.2 Å². The van der Waals surface area contributed by atoms with E-state index in [-0.39, 0.29) is 12.0 Å². The summed E-state index contributed by atoms with van der Waals surface area (Å²) in [6, 6.07) is 7.50. The van der Waals surface area contributed by atoms with Crippen LogP contribution in [0.1, 0.15) is 25.3 Å². The second kappa shape index (κ2) is 5.72. The summed E-state index contributed by atoms with van der Waals surface area (Å²) in [7, 11) is 5.56. The maximum Gasteiger partial charge on any atom is 0.119 e. The van der Waals surface area contributed by atoms with E-state index in [0.29, 0.717) is 0 Å². The van der Waals surface area contributed by atoms with E-state index < -0.39 is 11.7 Å². The lowest BCUT2D eigenvalue weighted by Gasteiger charge is -2.49. The number of aliphatic hydroxyl groups excluding tert-OH is 1. The van der Waals surface area contributed by atoms with E-state index in [1.54, 1.807) is 7.11 Å². The lowest BCUT2D eigenvalue weighted by atomic mass is 9.67. The van der Waals surface area contributed by atoms with Gasteiger partial charge >= 0.3 is 0 Å². The number of aliphatic hydroxyl groups is 2. The molecule has 4 nitrogen and oxygen atoms in total. The molecule has 1 aromatic rings. The summed E-state index contributed by atoms with van der Waals surface area (Å²) in [5.41, 5.74) is -0.266. The predicted octanol–water partition coefficient (Wildman–Crippen LogP) is 1.60. The molecule has 0 saturated heterocycles. The molecule has 0 radical (unpaired) electrons. The van der Waals surface area contributed by atoms with Crippen molar-refractivity contribution in [3.8, 4) is 5.75 Å². The fourth-order valence-corrected chi connectivity index (χ4v) is 3.37. The van der Waals surface area contributed by atoms with Gasteiger partial charge in [0.25, 0.3) is 0 Å². The molecule has 112 valence electrons. The molecule has 0 heterocycles. The average molecular weight is 279 g/mol. The van der Waals surface area contributed by atoms with Crippen molar-refractivity contribution in [1.29, 1.82) is 0 Å². The van der Waals surface area contributed by atoms with E-state index in [1.807, 2.05) is 50.2 Å². The number of rotatable bonds is 3. The molecule has 1 saturated carbocycles. The number of hydrogen-bond donors (Lipinski definition) is 2. The molecule has 2 rings (SSSR count). The highest BCUT2D eigenvalue weighted by Gasteiger charge is 2.50. The van der Waals surface area contributed by atoms with E-state index in [4.69, 9.17) is 4.74 Å². The van der Waals surface area contributed by atoms with Crippen LogP contribution in [0.25, 0.3) is 0 Å². The Kier molecular flexibility index (Phi) is 4.37. The first kappa shape index (κ1) is 15.3. The number of benzene rings is 1. The Bertz CT molecular complexity index is 463. The topological polar surface area (TPSA) is 52.9 Å². The van der Waals surface area contributed by atoms with Gasteiger partial charge in [0.1, 0.15) is 11.4 Å². The third kappa shape index (κ3) is 2.43. The van der Waals surface area contributed by atoms with Crippen molar-refractivity contribution in [2.45, 2.75) is 37.5 Å². The zero-order valence-electron chi connectivity index (χ0n) is 12.7. The van der Waals surface area contributed by atoms with Gasteiger partial charge in [-0.1, -0.05) is 19.1 Å². The predicted molar refractivity (Wildman–Crippen MR) is 78.8 cm³/mol. The molecule has 1 aliphatic carbocycles. The number of ether oxygens (including phenoxy) is 1. The largest absolute Gasteiger partial charge is 0.497 e. The SMILES string of the molecule is COc1cccc([C@@]2(O)C(C)[C@@H](O)CC[C@@H]2N(C)C)c1. The van der Waals surface area contributed by atoms with Crippen molar-refractivity contribution in [3.05, 3.63) is 29.8 Å². The van der Waals surface area contributed by atoms with Gasteiger partial charge in [0.15, 0.2) is 0 Å². The fourth-order valence-electron chi connectivity index (χ4n) is 3.37. The van der Waals surface area contributed by atoms with Crippen LogP contribution in [-0.4, -0.2) is 48.5 Å². The first-order valence-electron chi connectivity index (χ1n) is 7.12. The first-order chi connectivity index (χ1) is 9.41. The minimum absolute atomic E-state index is 0.0204. The molecule has 4 heteroatoms. The maximum absolute atomic E-state index is 11.4. The molecule has 0 aliphatic heterocycles. The molecule has 1 fully saturated rings. The Hall–Kier alpha value is -1.10. The lowest BCUT2D eigenvalue weighted by Crippen LogP contribution is -2.58. The van der Waals surface area contributed by atoms with Crippen molar-refractivity contribution in [3.63, 3.8) is 0 Å². The molecule has 1 aliphatic rings. The summed E-state index contributed by atoms with van der Waals surface area (Å²) in [4.78, 5) is 2.04. The van der Waals surface area contributed by atoms with Gasteiger partial charge in [0.05, 0.1) is 13.2 Å². The summed E-state index contributed by atoms with van der Waals surface area (Å²) in [6.07, 6.45) is 1.00. The molecule has 0 amide bonds. The van der Waals surface area contributed by atoms with Gasteiger partial charge in [-0.15, -0.1) is 0 Å². The van der Waals surface area contributed by atoms with Gasteiger partial charge in [-0.2, -0.15) is 0 Å². The quantitative estimate of drug-likeness (QED) is 0.882. The van der Waals surface area contributed by atoms with Gasteiger partial charge in [-0.3, -0.25) is 0 Å². The molecule has 1 unspecified atom stereocenters. The van der Waals surface area contributed by atoms with Crippen LogP contribution in [0.15, 0.2) is 24.3 Å². The highest BCUT2D eigenvalue weighted by molar-refractivity contribution is 5.34. The molecule has 1 aromatic carbocycles. The number of hydrogen-bond acceptors (Lipinski definition) is 4. The highest BCUT2D eigenvalue weighted by Crippen LogP contribution is 2.44. The van der Waals surface area contributed by atoms with Crippen LogP contribution in [-0.2, 0) is 5.60 Å². The second-order valence-corrected chi connectivity index (χ2v) is 5.97. The van der Waals surface area contributed by atoms with Crippen LogP contribution in [0.4, 0.5) is 0 Å². The number of likely N-dealkylation sites (N-methyl/N-ethyl adjacent to an activating group) is 1. The Morgan fingerprint density at radius 1 is 1.30 bits per heavy atom. The molecular formula is C16H25NO3. The third-order valence-corrected chi connectivity index (χ3v) is 4.67. The number of nitrogens with zero attached hydrogens (tertiary/aromatic N) is 1. The highest BCUT2D eigenvalue weighted by atomic mass is 16.5. The number of methoxy groups -OCH3 is 1. The van der Waals surface area contributed by atoms with Crippen molar-refractivity contribution in [1.82, 2.24) is 4.90 Å².